The average Bonchev–Trinajstić information content (AvgIpc) is 3.13. The molecule has 1 aromatic heterocycles. The Hall–Kier alpha value is -1.97. The smallest absolute Gasteiger partial charge is 0.127 e. The molecular weight excluding hydrogens is 214 g/mol. The van der Waals surface area contributed by atoms with Crippen LogP contribution >= 0.6 is 0 Å². The highest BCUT2D eigenvalue weighted by atomic mass is 16.5. The summed E-state index contributed by atoms with van der Waals surface area (Å²) in [5.41, 5.74) is 8.06. The second-order valence-electron chi connectivity index (χ2n) is 4.38. The van der Waals surface area contributed by atoms with E-state index in [-0.39, 0.29) is 0 Å². The van der Waals surface area contributed by atoms with Gasteiger partial charge in [-0.25, -0.2) is 4.68 Å². The van der Waals surface area contributed by atoms with Gasteiger partial charge in [-0.2, -0.15) is 5.10 Å². The van der Waals surface area contributed by atoms with Gasteiger partial charge in [-0.1, -0.05) is 0 Å². The van der Waals surface area contributed by atoms with Gasteiger partial charge >= 0.3 is 0 Å². The normalized spacial score (nSPS) is 14.9. The van der Waals surface area contributed by atoms with Crippen molar-refractivity contribution < 1.29 is 4.74 Å². The van der Waals surface area contributed by atoms with Crippen LogP contribution < -0.4 is 10.5 Å². The van der Waals surface area contributed by atoms with Gasteiger partial charge in [-0.3, -0.25) is 0 Å². The minimum Gasteiger partial charge on any atom is -0.497 e. The maximum absolute atomic E-state index is 5.98. The van der Waals surface area contributed by atoms with Gasteiger partial charge in [0.15, 0.2) is 0 Å². The third-order valence-electron chi connectivity index (χ3n) is 3.07. The molecule has 0 bridgehead atoms. The van der Waals surface area contributed by atoms with Crippen LogP contribution in [0.1, 0.15) is 24.5 Å². The number of benzene rings is 1. The van der Waals surface area contributed by atoms with Gasteiger partial charge in [-0.05, 0) is 37.1 Å². The number of hydrogen-bond donors (Lipinski definition) is 1. The van der Waals surface area contributed by atoms with Gasteiger partial charge < -0.3 is 10.5 Å². The van der Waals surface area contributed by atoms with Crippen molar-refractivity contribution in [3.63, 3.8) is 0 Å². The number of aromatic nitrogens is 2. The summed E-state index contributed by atoms with van der Waals surface area (Å²) in [4.78, 5) is 0. The van der Waals surface area contributed by atoms with E-state index in [2.05, 4.69) is 5.10 Å². The van der Waals surface area contributed by atoms with E-state index < -0.39 is 0 Å². The molecule has 0 aliphatic heterocycles. The van der Waals surface area contributed by atoms with Crippen LogP contribution in [-0.4, -0.2) is 16.9 Å². The maximum Gasteiger partial charge on any atom is 0.127 e. The highest BCUT2D eigenvalue weighted by molar-refractivity contribution is 5.45. The Labute approximate surface area is 100 Å². The standard InChI is InChI=1S/C13H15N3O/c1-17-11-6-4-10(5-7-11)16-13(14)8-12(15-16)9-2-3-9/h4-9H,2-3,14H2,1H3. The van der Waals surface area contributed by atoms with Gasteiger partial charge in [0.05, 0.1) is 18.5 Å². The van der Waals surface area contributed by atoms with E-state index in [1.165, 1.54) is 12.8 Å². The van der Waals surface area contributed by atoms with Gasteiger partial charge in [0.2, 0.25) is 0 Å². The van der Waals surface area contributed by atoms with Crippen molar-refractivity contribution in [2.75, 3.05) is 12.8 Å². The molecule has 1 saturated carbocycles. The van der Waals surface area contributed by atoms with E-state index in [0.29, 0.717) is 11.7 Å². The maximum atomic E-state index is 5.98. The van der Waals surface area contributed by atoms with Crippen molar-refractivity contribution in [1.29, 1.82) is 0 Å². The molecule has 0 amide bonds. The number of ether oxygens (including phenoxy) is 1. The van der Waals surface area contributed by atoms with E-state index in [9.17, 15) is 0 Å². The van der Waals surface area contributed by atoms with Crippen LogP contribution in [-0.2, 0) is 0 Å². The third kappa shape index (κ3) is 1.86. The zero-order chi connectivity index (χ0) is 11.8. The molecule has 2 N–H and O–H groups in total. The molecule has 0 spiro atoms. The minimum absolute atomic E-state index is 0.622. The SMILES string of the molecule is COc1ccc(-n2nc(C3CC3)cc2N)cc1. The van der Waals surface area contributed by atoms with Gasteiger partial charge in [0, 0.05) is 12.0 Å². The summed E-state index contributed by atoms with van der Waals surface area (Å²) < 4.78 is 6.91. The summed E-state index contributed by atoms with van der Waals surface area (Å²) in [7, 11) is 1.66. The van der Waals surface area contributed by atoms with E-state index >= 15 is 0 Å². The molecule has 0 unspecified atom stereocenters. The first-order valence-corrected chi connectivity index (χ1v) is 5.78. The van der Waals surface area contributed by atoms with Crippen LogP contribution in [0.15, 0.2) is 30.3 Å². The lowest BCUT2D eigenvalue weighted by Crippen LogP contribution is -2.01. The van der Waals surface area contributed by atoms with E-state index in [0.717, 1.165) is 17.1 Å². The molecule has 4 heteroatoms. The number of rotatable bonds is 3. The summed E-state index contributed by atoms with van der Waals surface area (Å²) in [6, 6.07) is 9.71. The van der Waals surface area contributed by atoms with Crippen LogP contribution in [0.2, 0.25) is 0 Å². The highest BCUT2D eigenvalue weighted by Gasteiger charge is 2.27. The molecule has 1 aromatic carbocycles. The largest absolute Gasteiger partial charge is 0.497 e. The lowest BCUT2D eigenvalue weighted by atomic mass is 10.3. The first-order chi connectivity index (χ1) is 8.28. The fourth-order valence-electron chi connectivity index (χ4n) is 1.92. The van der Waals surface area contributed by atoms with Crippen LogP contribution in [0, 0.1) is 0 Å². The molecule has 1 aliphatic carbocycles. The second kappa shape index (κ2) is 3.80. The van der Waals surface area contributed by atoms with Crippen molar-refractivity contribution in [1.82, 2.24) is 9.78 Å². The third-order valence-corrected chi connectivity index (χ3v) is 3.07. The summed E-state index contributed by atoms with van der Waals surface area (Å²) in [5, 5.41) is 4.55. The van der Waals surface area contributed by atoms with Crippen molar-refractivity contribution in [3.8, 4) is 11.4 Å². The fraction of sp³-hybridized carbons (Fsp3) is 0.308. The van der Waals surface area contributed by atoms with Crippen molar-refractivity contribution in [2.24, 2.45) is 0 Å². The highest BCUT2D eigenvalue weighted by Crippen LogP contribution is 2.40. The topological polar surface area (TPSA) is 53.1 Å². The Balaban J connectivity index is 1.95. The Kier molecular flexibility index (Phi) is 2.28. The quantitative estimate of drug-likeness (QED) is 0.878. The zero-order valence-electron chi connectivity index (χ0n) is 9.76. The lowest BCUT2D eigenvalue weighted by Gasteiger charge is -2.05. The fourth-order valence-corrected chi connectivity index (χ4v) is 1.92. The molecular formula is C13H15N3O. The lowest BCUT2D eigenvalue weighted by molar-refractivity contribution is 0.414. The number of anilines is 1. The summed E-state index contributed by atoms with van der Waals surface area (Å²) >= 11 is 0. The van der Waals surface area contributed by atoms with Crippen molar-refractivity contribution in [3.05, 3.63) is 36.0 Å². The predicted octanol–water partition coefficient (Wildman–Crippen LogP) is 2.34. The molecule has 1 aliphatic rings. The second-order valence-corrected chi connectivity index (χ2v) is 4.38. The predicted molar refractivity (Wildman–Crippen MR) is 66.5 cm³/mol. The van der Waals surface area contributed by atoms with E-state index in [1.54, 1.807) is 11.8 Å². The number of nitrogens with zero attached hydrogens (tertiary/aromatic N) is 2. The summed E-state index contributed by atoms with van der Waals surface area (Å²) in [6.45, 7) is 0. The molecule has 0 radical (unpaired) electrons. The Morgan fingerprint density at radius 3 is 2.59 bits per heavy atom. The average molecular weight is 229 g/mol. The van der Waals surface area contributed by atoms with Crippen LogP contribution in [0.5, 0.6) is 5.75 Å². The Bertz CT molecular complexity index is 526. The molecule has 2 aromatic rings. The van der Waals surface area contributed by atoms with Crippen LogP contribution in [0.25, 0.3) is 5.69 Å². The number of hydrogen-bond acceptors (Lipinski definition) is 3. The molecule has 1 heterocycles. The molecule has 3 rings (SSSR count). The van der Waals surface area contributed by atoms with Gasteiger partial charge in [0.1, 0.15) is 11.6 Å². The summed E-state index contributed by atoms with van der Waals surface area (Å²) in [5.74, 6) is 2.15. The number of nitrogens with two attached hydrogens (primary N) is 1. The molecule has 1 fully saturated rings. The Morgan fingerprint density at radius 1 is 1.29 bits per heavy atom. The minimum atomic E-state index is 0.622. The molecule has 0 saturated heterocycles. The molecule has 4 nitrogen and oxygen atoms in total. The van der Waals surface area contributed by atoms with Gasteiger partial charge in [0.25, 0.3) is 0 Å². The zero-order valence-corrected chi connectivity index (χ0v) is 9.76. The van der Waals surface area contributed by atoms with Crippen LogP contribution in [0.3, 0.4) is 0 Å². The number of methoxy groups -OCH3 is 1. The monoisotopic (exact) mass is 229 g/mol. The first kappa shape index (κ1) is 10.2. The van der Waals surface area contributed by atoms with Crippen molar-refractivity contribution >= 4 is 5.82 Å². The molecule has 88 valence electrons. The molecule has 17 heavy (non-hydrogen) atoms. The molecule has 0 atom stereocenters. The van der Waals surface area contributed by atoms with Crippen molar-refractivity contribution in [2.45, 2.75) is 18.8 Å². The van der Waals surface area contributed by atoms with E-state index in [4.69, 9.17) is 10.5 Å². The summed E-state index contributed by atoms with van der Waals surface area (Å²) in [6.07, 6.45) is 2.47. The first-order valence-electron chi connectivity index (χ1n) is 5.78. The van der Waals surface area contributed by atoms with Gasteiger partial charge in [-0.15, -0.1) is 0 Å². The Morgan fingerprint density at radius 2 is 2.00 bits per heavy atom. The van der Waals surface area contributed by atoms with E-state index in [1.807, 2.05) is 30.3 Å². The van der Waals surface area contributed by atoms with Crippen LogP contribution in [0.4, 0.5) is 5.82 Å². The number of nitrogen functional groups attached to an aromatic ring is 1.